The summed E-state index contributed by atoms with van der Waals surface area (Å²) in [5.74, 6) is 0. The van der Waals surface area contributed by atoms with E-state index in [4.69, 9.17) is 5.26 Å². The monoisotopic (exact) mass is 122 g/mol. The molecule has 0 amide bonds. The van der Waals surface area contributed by atoms with Gasteiger partial charge < -0.3 is 5.32 Å². The second-order valence-corrected chi connectivity index (χ2v) is 2.29. The minimum absolute atomic E-state index is 0.273. The Kier molecular flexibility index (Phi) is 1.86. The molecule has 2 heteroatoms. The molecule has 1 atom stereocenters. The number of rotatable bonds is 1. The zero-order valence-corrected chi connectivity index (χ0v) is 5.35. The van der Waals surface area contributed by atoms with E-state index in [1.165, 1.54) is 6.42 Å². The maximum absolute atomic E-state index is 8.41. The lowest BCUT2D eigenvalue weighted by Gasteiger charge is -2.04. The molecule has 1 aliphatic heterocycles. The lowest BCUT2D eigenvalue weighted by atomic mass is 10.1. The second kappa shape index (κ2) is 2.65. The predicted octanol–water partition coefficient (Wildman–Crippen LogP) is 0.818. The van der Waals surface area contributed by atoms with Crippen LogP contribution in [0.15, 0.2) is 12.2 Å². The van der Waals surface area contributed by atoms with Crippen molar-refractivity contribution in [1.29, 1.82) is 5.26 Å². The lowest BCUT2D eigenvalue weighted by Crippen LogP contribution is -2.22. The van der Waals surface area contributed by atoms with Crippen LogP contribution in [-0.4, -0.2) is 12.6 Å². The minimum Gasteiger partial charge on any atom is -0.309 e. The molecule has 48 valence electrons. The Morgan fingerprint density at radius 2 is 2.56 bits per heavy atom. The van der Waals surface area contributed by atoms with Crippen molar-refractivity contribution in [2.75, 3.05) is 6.54 Å². The van der Waals surface area contributed by atoms with E-state index in [2.05, 4.69) is 11.9 Å². The molecule has 9 heavy (non-hydrogen) atoms. The van der Waals surface area contributed by atoms with Gasteiger partial charge in [-0.1, -0.05) is 6.58 Å². The van der Waals surface area contributed by atoms with Crippen molar-refractivity contribution in [1.82, 2.24) is 5.32 Å². The molecule has 0 aromatic carbocycles. The maximum atomic E-state index is 8.41. The van der Waals surface area contributed by atoms with E-state index in [1.807, 2.05) is 6.07 Å². The highest BCUT2D eigenvalue weighted by Crippen LogP contribution is 2.10. The summed E-state index contributed by atoms with van der Waals surface area (Å²) in [4.78, 5) is 0. The smallest absolute Gasteiger partial charge is 0.0957 e. The largest absolute Gasteiger partial charge is 0.309 e. The molecule has 1 unspecified atom stereocenters. The fourth-order valence-corrected chi connectivity index (χ4v) is 1.06. The summed E-state index contributed by atoms with van der Waals surface area (Å²) in [6, 6.07) is 2.32. The Hall–Kier alpha value is -0.810. The second-order valence-electron chi connectivity index (χ2n) is 2.29. The summed E-state index contributed by atoms with van der Waals surface area (Å²) in [5, 5.41) is 11.6. The molecule has 0 aromatic heterocycles. The normalized spacial score (nSPS) is 25.4. The standard InChI is InChI=1S/C7H10N2/c1-6(5-8)7-3-2-4-9-7/h7,9H,1-4H2. The predicted molar refractivity (Wildman–Crippen MR) is 35.8 cm³/mol. The number of hydrogen-bond acceptors (Lipinski definition) is 2. The quantitative estimate of drug-likeness (QED) is 0.522. The SMILES string of the molecule is C=C(C#N)C1CCCN1. The number of nitriles is 1. The molecule has 1 fully saturated rings. The number of nitrogens with zero attached hydrogens (tertiary/aromatic N) is 1. The highest BCUT2D eigenvalue weighted by molar-refractivity contribution is 5.23. The summed E-state index contributed by atoms with van der Waals surface area (Å²) in [5.41, 5.74) is 0.674. The first-order valence-corrected chi connectivity index (χ1v) is 3.17. The number of nitrogens with one attached hydrogen (secondary N) is 1. The Balaban J connectivity index is 2.44. The molecule has 0 bridgehead atoms. The van der Waals surface area contributed by atoms with E-state index in [1.54, 1.807) is 0 Å². The van der Waals surface area contributed by atoms with Crippen molar-refractivity contribution in [3.63, 3.8) is 0 Å². The molecular weight excluding hydrogens is 112 g/mol. The average Bonchev–Trinajstić information content (AvgIpc) is 2.37. The van der Waals surface area contributed by atoms with Crippen LogP contribution in [0.3, 0.4) is 0 Å². The molecule has 0 radical (unpaired) electrons. The Morgan fingerprint density at radius 1 is 1.78 bits per heavy atom. The van der Waals surface area contributed by atoms with Crippen LogP contribution in [0.1, 0.15) is 12.8 Å². The summed E-state index contributed by atoms with van der Waals surface area (Å²) in [7, 11) is 0. The van der Waals surface area contributed by atoms with Gasteiger partial charge in [-0.3, -0.25) is 0 Å². The molecule has 1 rings (SSSR count). The summed E-state index contributed by atoms with van der Waals surface area (Å²) in [6.07, 6.45) is 2.25. The molecule has 1 aliphatic rings. The van der Waals surface area contributed by atoms with Gasteiger partial charge in [-0.15, -0.1) is 0 Å². The van der Waals surface area contributed by atoms with Gasteiger partial charge in [-0.2, -0.15) is 5.26 Å². The Bertz CT molecular complexity index is 149. The first kappa shape index (κ1) is 6.31. The Morgan fingerprint density at radius 3 is 3.00 bits per heavy atom. The van der Waals surface area contributed by atoms with Crippen molar-refractivity contribution in [3.05, 3.63) is 12.2 Å². The van der Waals surface area contributed by atoms with E-state index in [9.17, 15) is 0 Å². The van der Waals surface area contributed by atoms with Gasteiger partial charge >= 0.3 is 0 Å². The van der Waals surface area contributed by atoms with Gasteiger partial charge in [0.2, 0.25) is 0 Å². The zero-order valence-electron chi connectivity index (χ0n) is 5.35. The average molecular weight is 122 g/mol. The molecule has 0 spiro atoms. The third kappa shape index (κ3) is 1.30. The highest BCUT2D eigenvalue weighted by Gasteiger charge is 2.15. The fourth-order valence-electron chi connectivity index (χ4n) is 1.06. The van der Waals surface area contributed by atoms with Gasteiger partial charge in [0.25, 0.3) is 0 Å². The van der Waals surface area contributed by atoms with Crippen molar-refractivity contribution in [2.45, 2.75) is 18.9 Å². The first-order valence-electron chi connectivity index (χ1n) is 3.17. The van der Waals surface area contributed by atoms with E-state index in [0.29, 0.717) is 5.57 Å². The summed E-state index contributed by atoms with van der Waals surface area (Å²) in [6.45, 7) is 4.66. The van der Waals surface area contributed by atoms with Crippen molar-refractivity contribution < 1.29 is 0 Å². The van der Waals surface area contributed by atoms with Gasteiger partial charge in [0.05, 0.1) is 6.07 Å². The summed E-state index contributed by atoms with van der Waals surface area (Å²) >= 11 is 0. The van der Waals surface area contributed by atoms with Gasteiger partial charge in [0, 0.05) is 11.6 Å². The van der Waals surface area contributed by atoms with Crippen LogP contribution in [0.25, 0.3) is 0 Å². The van der Waals surface area contributed by atoms with Crippen molar-refractivity contribution in [2.24, 2.45) is 0 Å². The molecule has 0 saturated carbocycles. The van der Waals surface area contributed by atoms with E-state index in [-0.39, 0.29) is 6.04 Å². The topological polar surface area (TPSA) is 35.8 Å². The third-order valence-corrected chi connectivity index (χ3v) is 1.62. The van der Waals surface area contributed by atoms with Crippen LogP contribution in [-0.2, 0) is 0 Å². The molecule has 1 heterocycles. The van der Waals surface area contributed by atoms with Gasteiger partial charge in [0.1, 0.15) is 0 Å². The third-order valence-electron chi connectivity index (χ3n) is 1.62. The zero-order chi connectivity index (χ0) is 6.69. The van der Waals surface area contributed by atoms with Crippen LogP contribution >= 0.6 is 0 Å². The van der Waals surface area contributed by atoms with Gasteiger partial charge in [0.15, 0.2) is 0 Å². The molecule has 0 aromatic rings. The molecule has 2 nitrogen and oxygen atoms in total. The minimum atomic E-state index is 0.273. The Labute approximate surface area is 55.2 Å². The fraction of sp³-hybridized carbons (Fsp3) is 0.571. The lowest BCUT2D eigenvalue weighted by molar-refractivity contribution is 0.707. The van der Waals surface area contributed by atoms with E-state index < -0.39 is 0 Å². The van der Waals surface area contributed by atoms with Crippen LogP contribution in [0, 0.1) is 11.3 Å². The highest BCUT2D eigenvalue weighted by atomic mass is 14.9. The number of hydrogen-bond donors (Lipinski definition) is 1. The van der Waals surface area contributed by atoms with Gasteiger partial charge in [-0.05, 0) is 19.4 Å². The van der Waals surface area contributed by atoms with Gasteiger partial charge in [-0.25, -0.2) is 0 Å². The maximum Gasteiger partial charge on any atom is 0.0957 e. The molecule has 0 aliphatic carbocycles. The van der Waals surface area contributed by atoms with Crippen molar-refractivity contribution in [3.8, 4) is 6.07 Å². The van der Waals surface area contributed by atoms with Crippen LogP contribution in [0.2, 0.25) is 0 Å². The molecule has 1 N–H and O–H groups in total. The van der Waals surface area contributed by atoms with E-state index >= 15 is 0 Å². The van der Waals surface area contributed by atoms with Crippen LogP contribution in [0.4, 0.5) is 0 Å². The first-order chi connectivity index (χ1) is 4.34. The van der Waals surface area contributed by atoms with Crippen LogP contribution < -0.4 is 5.32 Å². The van der Waals surface area contributed by atoms with Crippen LogP contribution in [0.5, 0.6) is 0 Å². The van der Waals surface area contributed by atoms with E-state index in [0.717, 1.165) is 13.0 Å². The summed E-state index contributed by atoms with van der Waals surface area (Å²) < 4.78 is 0. The molecule has 1 saturated heterocycles. The van der Waals surface area contributed by atoms with Crippen molar-refractivity contribution >= 4 is 0 Å². The molecular formula is C7H10N2.